The molecule has 4 rings (SSSR count). The van der Waals surface area contributed by atoms with Crippen LogP contribution in [0.3, 0.4) is 0 Å². The number of benzene rings is 1. The molecule has 0 radical (unpaired) electrons. The van der Waals surface area contributed by atoms with Gasteiger partial charge in [-0.1, -0.05) is 75.7 Å². The van der Waals surface area contributed by atoms with Crippen LogP contribution in [0.25, 0.3) is 11.5 Å². The molecule has 0 spiro atoms. The molecule has 202 valence electrons. The fraction of sp³-hybridized carbons (Fsp3) is 0.259. The Balaban J connectivity index is 1.71. The molecule has 0 unspecified atom stereocenters. The number of methoxy groups -OCH3 is 2. The zero-order valence-electron chi connectivity index (χ0n) is 21.9. The molecular formula is C27H29IN8O3. The Morgan fingerprint density at radius 3 is 2.54 bits per heavy atom. The fourth-order valence-corrected chi connectivity index (χ4v) is 6.23. The number of hydrogen-bond acceptors (Lipinski definition) is 8. The predicted octanol–water partition coefficient (Wildman–Crippen LogP) is 4.33. The molecule has 1 aliphatic heterocycles. The van der Waals surface area contributed by atoms with Crippen LogP contribution in [0, 0.1) is 5.41 Å². The first kappa shape index (κ1) is 28.0. The van der Waals surface area contributed by atoms with E-state index in [0.29, 0.717) is 24.0 Å². The minimum Gasteiger partial charge on any atom is -0.481 e. The molecule has 0 bridgehead atoms. The van der Waals surface area contributed by atoms with Crippen molar-refractivity contribution in [3.8, 4) is 17.7 Å². The van der Waals surface area contributed by atoms with E-state index in [1.165, 1.54) is 28.6 Å². The van der Waals surface area contributed by atoms with Gasteiger partial charge in [-0.2, -0.15) is 9.97 Å². The first-order chi connectivity index (χ1) is 19.0. The number of aromatic nitrogens is 4. The SMILES string of the molecule is CCCCc1ncn(-c2nc(OC)cc(OC)n2)c(=O)c1CC1=IC=C(c2ccccc2C(=N)N=NN)C=C1. The van der Waals surface area contributed by atoms with Crippen LogP contribution in [-0.2, 0) is 12.8 Å². The number of unbranched alkanes of at least 4 members (excludes halogenated alkanes) is 1. The maximum Gasteiger partial charge on any atom is 0.264 e. The van der Waals surface area contributed by atoms with Gasteiger partial charge in [0.2, 0.25) is 17.7 Å². The van der Waals surface area contributed by atoms with Crippen LogP contribution in [0.5, 0.6) is 11.8 Å². The number of nitrogens with zero attached hydrogens (tertiary/aromatic N) is 6. The summed E-state index contributed by atoms with van der Waals surface area (Å²) in [5.41, 5.74) is 3.77. The van der Waals surface area contributed by atoms with E-state index in [4.69, 9.17) is 20.7 Å². The molecule has 3 heterocycles. The molecule has 0 fully saturated rings. The molecule has 3 aromatic rings. The highest BCUT2D eigenvalue weighted by Gasteiger charge is 2.18. The van der Waals surface area contributed by atoms with Gasteiger partial charge in [0, 0.05) is 17.5 Å². The van der Waals surface area contributed by atoms with Gasteiger partial charge in [-0.15, -0.1) is 5.11 Å². The summed E-state index contributed by atoms with van der Waals surface area (Å²) in [4.78, 5) is 27.1. The van der Waals surface area contributed by atoms with E-state index in [-0.39, 0.29) is 29.1 Å². The summed E-state index contributed by atoms with van der Waals surface area (Å²) in [6.07, 6.45) is 8.68. The van der Waals surface area contributed by atoms with Crippen molar-refractivity contribution in [3.63, 3.8) is 0 Å². The average Bonchev–Trinajstić information content (AvgIpc) is 2.97. The van der Waals surface area contributed by atoms with Gasteiger partial charge in [-0.3, -0.25) is 10.2 Å². The minimum absolute atomic E-state index is 0.00300. The Hall–Kier alpha value is -4.07. The van der Waals surface area contributed by atoms with Crippen LogP contribution in [0.1, 0.15) is 42.1 Å². The van der Waals surface area contributed by atoms with Gasteiger partial charge in [0.25, 0.3) is 5.56 Å². The highest BCUT2D eigenvalue weighted by Crippen LogP contribution is 2.29. The van der Waals surface area contributed by atoms with E-state index in [9.17, 15) is 4.79 Å². The molecule has 0 atom stereocenters. The highest BCUT2D eigenvalue weighted by molar-refractivity contribution is 14.2. The van der Waals surface area contributed by atoms with Gasteiger partial charge in [0.05, 0.1) is 26.0 Å². The smallest absolute Gasteiger partial charge is 0.264 e. The number of hydrogen-bond donors (Lipinski definition) is 2. The van der Waals surface area contributed by atoms with Crippen molar-refractivity contribution in [3.05, 3.63) is 85.6 Å². The van der Waals surface area contributed by atoms with E-state index in [1.54, 1.807) is 6.07 Å². The van der Waals surface area contributed by atoms with Crippen LogP contribution in [0.15, 0.2) is 68.0 Å². The first-order valence-electron chi connectivity index (χ1n) is 12.2. The van der Waals surface area contributed by atoms with Crippen LogP contribution in [0.4, 0.5) is 0 Å². The van der Waals surface area contributed by atoms with Gasteiger partial charge in [-0.25, -0.2) is 9.55 Å². The van der Waals surface area contributed by atoms with Crippen molar-refractivity contribution in [2.45, 2.75) is 32.6 Å². The normalized spacial score (nSPS) is 13.0. The van der Waals surface area contributed by atoms with Gasteiger partial charge in [0.1, 0.15) is 6.33 Å². The molecule has 39 heavy (non-hydrogen) atoms. The summed E-state index contributed by atoms with van der Waals surface area (Å²) in [7, 11) is 2.99. The zero-order valence-corrected chi connectivity index (χ0v) is 24.0. The van der Waals surface area contributed by atoms with Gasteiger partial charge in [-0.05, 0) is 31.6 Å². The third-order valence-electron chi connectivity index (χ3n) is 5.98. The molecule has 3 N–H and O–H groups in total. The lowest BCUT2D eigenvalue weighted by atomic mass is 9.99. The van der Waals surface area contributed by atoms with Crippen LogP contribution < -0.4 is 20.9 Å². The molecule has 2 aromatic heterocycles. The molecule has 11 nitrogen and oxygen atoms in total. The fourth-order valence-electron chi connectivity index (χ4n) is 3.97. The lowest BCUT2D eigenvalue weighted by Gasteiger charge is -2.14. The standard InChI is InChI=1S/C27H29IN8O3/c1-4-5-10-22-21(26(37)36(16-31-22)27-32-23(38-2)14-24(33-27)39-3)13-18-12-11-17(15-28-18)19-8-6-7-9-20(19)25(29)34-35-30/h6-9,11-12,14-16H,4-5,10,13H2,1-3H3,(H3,29,30,34). The second-order valence-corrected chi connectivity index (χ2v) is 11.1. The van der Waals surface area contributed by atoms with Crippen molar-refractivity contribution in [1.29, 1.82) is 5.41 Å². The van der Waals surface area contributed by atoms with Crippen LogP contribution in [0.2, 0.25) is 0 Å². The summed E-state index contributed by atoms with van der Waals surface area (Å²) in [6.45, 7) is 2.11. The van der Waals surface area contributed by atoms with E-state index in [1.807, 2.05) is 30.3 Å². The topological polar surface area (TPSA) is 154 Å². The number of amidine groups is 1. The predicted molar refractivity (Wildman–Crippen MR) is 159 cm³/mol. The van der Waals surface area contributed by atoms with E-state index in [2.05, 4.69) is 42.4 Å². The number of halogens is 1. The second-order valence-electron chi connectivity index (χ2n) is 8.44. The largest absolute Gasteiger partial charge is 0.481 e. The summed E-state index contributed by atoms with van der Waals surface area (Å²) in [5, 5.41) is 15.1. The summed E-state index contributed by atoms with van der Waals surface area (Å²) in [6, 6.07) is 9.10. The van der Waals surface area contributed by atoms with Crippen molar-refractivity contribution < 1.29 is 9.47 Å². The highest BCUT2D eigenvalue weighted by atomic mass is 127. The Morgan fingerprint density at radius 1 is 1.15 bits per heavy atom. The van der Waals surface area contributed by atoms with Crippen LogP contribution >= 0.6 is 20.7 Å². The van der Waals surface area contributed by atoms with Gasteiger partial charge >= 0.3 is 0 Å². The Labute approximate surface area is 235 Å². The van der Waals surface area contributed by atoms with Crippen molar-refractivity contribution in [1.82, 2.24) is 19.5 Å². The van der Waals surface area contributed by atoms with E-state index >= 15 is 0 Å². The lowest BCUT2D eigenvalue weighted by molar-refractivity contribution is 0.370. The van der Waals surface area contributed by atoms with E-state index in [0.717, 1.165) is 29.7 Å². The zero-order chi connectivity index (χ0) is 27.8. The minimum atomic E-state index is -0.533. The molecule has 1 aliphatic rings. The third-order valence-corrected chi connectivity index (χ3v) is 8.50. The van der Waals surface area contributed by atoms with Crippen molar-refractivity contribution in [2.75, 3.05) is 14.2 Å². The van der Waals surface area contributed by atoms with Crippen LogP contribution in [-0.4, -0.2) is 43.1 Å². The van der Waals surface area contributed by atoms with E-state index < -0.39 is 20.7 Å². The Morgan fingerprint density at radius 2 is 1.90 bits per heavy atom. The molecule has 0 aliphatic carbocycles. The molecule has 0 saturated heterocycles. The monoisotopic (exact) mass is 640 g/mol. The Kier molecular flexibility index (Phi) is 9.41. The van der Waals surface area contributed by atoms with Gasteiger partial charge in [0.15, 0.2) is 5.84 Å². The Bertz CT molecular complexity index is 1540. The summed E-state index contributed by atoms with van der Waals surface area (Å²) >= 11 is -0.533. The van der Waals surface area contributed by atoms with Gasteiger partial charge < -0.3 is 15.3 Å². The third kappa shape index (κ3) is 6.50. The average molecular weight is 640 g/mol. The lowest BCUT2D eigenvalue weighted by Crippen LogP contribution is -2.28. The van der Waals surface area contributed by atoms with Crippen molar-refractivity contribution >= 4 is 35.6 Å². The molecule has 12 heteroatoms. The number of nitrogens with two attached hydrogens (primary N) is 1. The number of allylic oxidation sites excluding steroid dienone is 3. The number of rotatable bonds is 10. The quantitative estimate of drug-likeness (QED) is 0.0835. The van der Waals surface area contributed by atoms with Crippen molar-refractivity contribution in [2.24, 2.45) is 16.2 Å². The maximum atomic E-state index is 13.8. The molecule has 0 amide bonds. The molecular weight excluding hydrogens is 611 g/mol. The molecule has 1 aromatic carbocycles. The number of nitrogens with one attached hydrogen (secondary N) is 1. The number of aryl methyl sites for hydroxylation is 1. The summed E-state index contributed by atoms with van der Waals surface area (Å²) < 4.78 is 15.2. The molecule has 0 saturated carbocycles. The maximum absolute atomic E-state index is 13.8. The second kappa shape index (κ2) is 13.1. The first-order valence-corrected chi connectivity index (χ1v) is 14.5. The number of ether oxygens (including phenoxy) is 2. The summed E-state index contributed by atoms with van der Waals surface area (Å²) in [5.74, 6) is 5.87.